The van der Waals surface area contributed by atoms with E-state index in [9.17, 15) is 4.79 Å². The number of carbonyl (C=O) groups excluding carboxylic acids is 1. The molecule has 8 nitrogen and oxygen atoms in total. The minimum atomic E-state index is 0.00345. The first-order chi connectivity index (χ1) is 14.2. The van der Waals surface area contributed by atoms with E-state index in [1.807, 2.05) is 36.1 Å². The number of ether oxygens (including phenoxy) is 1. The van der Waals surface area contributed by atoms with E-state index in [1.54, 1.807) is 18.6 Å². The molecule has 1 aromatic carbocycles. The lowest BCUT2D eigenvalue weighted by molar-refractivity contribution is -0.135. The van der Waals surface area contributed by atoms with Crippen molar-refractivity contribution < 1.29 is 14.1 Å². The molecule has 1 fully saturated rings. The normalized spacial score (nSPS) is 16.6. The maximum absolute atomic E-state index is 12.6. The minimum Gasteiger partial charge on any atom is -0.484 e. The van der Waals surface area contributed by atoms with Gasteiger partial charge in [-0.05, 0) is 37.3 Å². The third kappa shape index (κ3) is 4.77. The van der Waals surface area contributed by atoms with E-state index >= 15 is 0 Å². The van der Waals surface area contributed by atoms with Gasteiger partial charge in [0.2, 0.25) is 11.7 Å². The number of likely N-dealkylation sites (tertiary alicyclic amines) is 1. The number of piperidine rings is 1. The van der Waals surface area contributed by atoms with Crippen molar-refractivity contribution in [2.45, 2.75) is 26.2 Å². The summed E-state index contributed by atoms with van der Waals surface area (Å²) in [5.74, 6) is 2.02. The summed E-state index contributed by atoms with van der Waals surface area (Å²) in [6, 6.07) is 7.71. The number of amides is 1. The molecular weight excluding hydrogens is 370 g/mol. The highest BCUT2D eigenvalue weighted by Gasteiger charge is 2.26. The number of nitrogens with zero attached hydrogens (tertiary/aromatic N) is 5. The van der Waals surface area contributed by atoms with Crippen LogP contribution in [0.2, 0.25) is 0 Å². The standard InChI is InChI=1S/C21H23N5O3/c1-15-5-2-3-7-18(15)28-14-20(27)26-10-4-6-16(13-26)11-19-24-21(25-29-19)17-12-22-8-9-23-17/h2-3,5,7-9,12,16H,4,6,10-11,13-14H2,1H3. The molecule has 1 saturated heterocycles. The van der Waals surface area contributed by atoms with Gasteiger partial charge in [0.05, 0.1) is 6.20 Å². The van der Waals surface area contributed by atoms with Crippen LogP contribution in [0.15, 0.2) is 47.4 Å². The summed E-state index contributed by atoms with van der Waals surface area (Å²) in [5, 5.41) is 3.99. The number of benzene rings is 1. The Morgan fingerprint density at radius 1 is 1.31 bits per heavy atom. The molecule has 4 rings (SSSR count). The first-order valence-electron chi connectivity index (χ1n) is 9.74. The monoisotopic (exact) mass is 393 g/mol. The van der Waals surface area contributed by atoms with Crippen LogP contribution < -0.4 is 4.74 Å². The van der Waals surface area contributed by atoms with Crippen molar-refractivity contribution in [2.75, 3.05) is 19.7 Å². The summed E-state index contributed by atoms with van der Waals surface area (Å²) in [6.07, 6.45) is 7.40. The Morgan fingerprint density at radius 2 is 2.21 bits per heavy atom. The molecule has 3 aromatic rings. The van der Waals surface area contributed by atoms with Crippen molar-refractivity contribution >= 4 is 5.91 Å². The maximum Gasteiger partial charge on any atom is 0.260 e. The van der Waals surface area contributed by atoms with Crippen molar-refractivity contribution in [1.82, 2.24) is 25.0 Å². The highest BCUT2D eigenvalue weighted by atomic mass is 16.5. The van der Waals surface area contributed by atoms with Crippen LogP contribution >= 0.6 is 0 Å². The van der Waals surface area contributed by atoms with Crippen molar-refractivity contribution in [2.24, 2.45) is 5.92 Å². The smallest absolute Gasteiger partial charge is 0.260 e. The van der Waals surface area contributed by atoms with Gasteiger partial charge < -0.3 is 14.2 Å². The van der Waals surface area contributed by atoms with Gasteiger partial charge in [-0.2, -0.15) is 4.98 Å². The highest BCUT2D eigenvalue weighted by Crippen LogP contribution is 2.22. The van der Waals surface area contributed by atoms with Gasteiger partial charge in [0, 0.05) is 31.9 Å². The Labute approximate surface area is 168 Å². The number of carbonyl (C=O) groups is 1. The molecule has 150 valence electrons. The molecule has 1 aliphatic rings. The lowest BCUT2D eigenvalue weighted by atomic mass is 9.95. The number of aromatic nitrogens is 4. The van der Waals surface area contributed by atoms with Gasteiger partial charge in [-0.25, -0.2) is 4.98 Å². The molecule has 1 atom stereocenters. The molecular formula is C21H23N5O3. The zero-order chi connectivity index (χ0) is 20.1. The molecule has 0 radical (unpaired) electrons. The van der Waals surface area contributed by atoms with E-state index in [2.05, 4.69) is 20.1 Å². The average molecular weight is 393 g/mol. The quantitative estimate of drug-likeness (QED) is 0.635. The zero-order valence-corrected chi connectivity index (χ0v) is 16.3. The Kier molecular flexibility index (Phi) is 5.79. The summed E-state index contributed by atoms with van der Waals surface area (Å²) in [6.45, 7) is 3.44. The molecule has 2 aromatic heterocycles. The highest BCUT2D eigenvalue weighted by molar-refractivity contribution is 5.78. The van der Waals surface area contributed by atoms with E-state index in [0.717, 1.165) is 30.7 Å². The second-order valence-corrected chi connectivity index (χ2v) is 7.21. The summed E-state index contributed by atoms with van der Waals surface area (Å²) >= 11 is 0. The summed E-state index contributed by atoms with van der Waals surface area (Å²) in [7, 11) is 0. The lowest BCUT2D eigenvalue weighted by Crippen LogP contribution is -2.42. The van der Waals surface area contributed by atoms with E-state index in [0.29, 0.717) is 30.4 Å². The lowest BCUT2D eigenvalue weighted by Gasteiger charge is -2.32. The number of rotatable bonds is 6. The van der Waals surface area contributed by atoms with E-state index in [4.69, 9.17) is 9.26 Å². The molecule has 29 heavy (non-hydrogen) atoms. The Bertz CT molecular complexity index is 960. The van der Waals surface area contributed by atoms with Crippen LogP contribution in [0.25, 0.3) is 11.5 Å². The van der Waals surface area contributed by atoms with Crippen molar-refractivity contribution in [3.8, 4) is 17.3 Å². The molecule has 1 amide bonds. The maximum atomic E-state index is 12.6. The molecule has 1 aliphatic heterocycles. The fourth-order valence-electron chi connectivity index (χ4n) is 3.51. The fraction of sp³-hybridized carbons (Fsp3) is 0.381. The predicted molar refractivity (Wildman–Crippen MR) is 105 cm³/mol. The molecule has 0 spiro atoms. The van der Waals surface area contributed by atoms with E-state index in [1.165, 1.54) is 0 Å². The topological polar surface area (TPSA) is 94.2 Å². The van der Waals surface area contributed by atoms with Crippen LogP contribution in [-0.4, -0.2) is 50.6 Å². The van der Waals surface area contributed by atoms with Crippen molar-refractivity contribution in [1.29, 1.82) is 0 Å². The summed E-state index contributed by atoms with van der Waals surface area (Å²) in [5.41, 5.74) is 1.60. The van der Waals surface area contributed by atoms with Crippen LogP contribution in [0, 0.1) is 12.8 Å². The van der Waals surface area contributed by atoms with Gasteiger partial charge in [0.25, 0.3) is 5.91 Å². The summed E-state index contributed by atoms with van der Waals surface area (Å²) in [4.78, 5) is 27.1. The molecule has 0 aliphatic carbocycles. The van der Waals surface area contributed by atoms with E-state index < -0.39 is 0 Å². The fourth-order valence-corrected chi connectivity index (χ4v) is 3.51. The van der Waals surface area contributed by atoms with Crippen LogP contribution in [0.5, 0.6) is 5.75 Å². The third-order valence-electron chi connectivity index (χ3n) is 5.04. The first-order valence-corrected chi connectivity index (χ1v) is 9.74. The Morgan fingerprint density at radius 3 is 3.03 bits per heavy atom. The van der Waals surface area contributed by atoms with Gasteiger partial charge in [-0.1, -0.05) is 23.4 Å². The van der Waals surface area contributed by atoms with Crippen LogP contribution in [0.4, 0.5) is 0 Å². The average Bonchev–Trinajstić information content (AvgIpc) is 3.22. The van der Waals surface area contributed by atoms with Gasteiger partial charge in [0.1, 0.15) is 11.4 Å². The minimum absolute atomic E-state index is 0.00345. The largest absolute Gasteiger partial charge is 0.484 e. The molecule has 8 heteroatoms. The predicted octanol–water partition coefficient (Wildman–Crippen LogP) is 2.70. The van der Waals surface area contributed by atoms with Crippen LogP contribution in [0.3, 0.4) is 0 Å². The molecule has 0 bridgehead atoms. The van der Waals surface area contributed by atoms with Crippen molar-refractivity contribution in [3.05, 3.63) is 54.3 Å². The van der Waals surface area contributed by atoms with Crippen LogP contribution in [0.1, 0.15) is 24.3 Å². The first kappa shape index (κ1) is 19.0. The van der Waals surface area contributed by atoms with Crippen LogP contribution in [-0.2, 0) is 11.2 Å². The van der Waals surface area contributed by atoms with E-state index in [-0.39, 0.29) is 18.4 Å². The third-order valence-corrected chi connectivity index (χ3v) is 5.04. The second kappa shape index (κ2) is 8.81. The molecule has 0 N–H and O–H groups in total. The zero-order valence-electron chi connectivity index (χ0n) is 16.3. The Balaban J connectivity index is 1.32. The molecule has 1 unspecified atom stereocenters. The van der Waals surface area contributed by atoms with Gasteiger partial charge in [-0.15, -0.1) is 0 Å². The van der Waals surface area contributed by atoms with Gasteiger partial charge >= 0.3 is 0 Å². The number of para-hydroxylation sites is 1. The molecule has 3 heterocycles. The van der Waals surface area contributed by atoms with Gasteiger partial charge in [0.15, 0.2) is 6.61 Å². The number of hydrogen-bond donors (Lipinski definition) is 0. The second-order valence-electron chi connectivity index (χ2n) is 7.21. The molecule has 0 saturated carbocycles. The number of hydrogen-bond acceptors (Lipinski definition) is 7. The SMILES string of the molecule is Cc1ccccc1OCC(=O)N1CCCC(Cc2nc(-c3cnccn3)no2)C1. The van der Waals surface area contributed by atoms with Crippen molar-refractivity contribution in [3.63, 3.8) is 0 Å². The summed E-state index contributed by atoms with van der Waals surface area (Å²) < 4.78 is 11.1. The van der Waals surface area contributed by atoms with Gasteiger partial charge in [-0.3, -0.25) is 9.78 Å². The Hall–Kier alpha value is -3.29. The number of aryl methyl sites for hydroxylation is 1.